The Balaban J connectivity index is 2.06. The molecule has 0 radical (unpaired) electrons. The molecule has 0 amide bonds. The van der Waals surface area contributed by atoms with Crippen molar-refractivity contribution < 1.29 is 14.3 Å². The molecule has 0 fully saturated rings. The normalized spacial score (nSPS) is 11.0. The van der Waals surface area contributed by atoms with Crippen LogP contribution in [0.25, 0.3) is 11.0 Å². The zero-order valence-corrected chi connectivity index (χ0v) is 10.2. The van der Waals surface area contributed by atoms with Crippen LogP contribution < -0.4 is 0 Å². The van der Waals surface area contributed by atoms with E-state index >= 15 is 0 Å². The third-order valence-corrected chi connectivity index (χ3v) is 2.88. The first-order valence-electron chi connectivity index (χ1n) is 5.76. The Bertz CT molecular complexity index is 757. The standard InChI is InChI=1S/C13H11N3O3/c1-8-5-6-9(19-8)7-16-11-4-2-3-10(13(17)18)12(11)14-15-16/h2-6H,7H2,1H3,(H,17,18). The van der Waals surface area contributed by atoms with Gasteiger partial charge in [0, 0.05) is 0 Å². The fraction of sp³-hybridized carbons (Fsp3) is 0.154. The van der Waals surface area contributed by atoms with Gasteiger partial charge in [0.25, 0.3) is 0 Å². The van der Waals surface area contributed by atoms with Gasteiger partial charge in [-0.2, -0.15) is 0 Å². The van der Waals surface area contributed by atoms with Gasteiger partial charge in [-0.3, -0.25) is 0 Å². The van der Waals surface area contributed by atoms with Gasteiger partial charge in [0.1, 0.15) is 23.6 Å². The van der Waals surface area contributed by atoms with E-state index in [0.717, 1.165) is 11.5 Å². The van der Waals surface area contributed by atoms with Gasteiger partial charge in [-0.05, 0) is 31.2 Å². The van der Waals surface area contributed by atoms with E-state index in [-0.39, 0.29) is 5.56 Å². The van der Waals surface area contributed by atoms with Gasteiger partial charge in [-0.25, -0.2) is 9.48 Å². The van der Waals surface area contributed by atoms with Gasteiger partial charge >= 0.3 is 5.97 Å². The molecule has 2 aromatic heterocycles. The summed E-state index contributed by atoms with van der Waals surface area (Å²) < 4.78 is 7.10. The lowest BCUT2D eigenvalue weighted by molar-refractivity contribution is 0.0699. The number of carbonyl (C=O) groups is 1. The number of rotatable bonds is 3. The predicted octanol–water partition coefficient (Wildman–Crippen LogP) is 2.08. The molecular weight excluding hydrogens is 246 g/mol. The van der Waals surface area contributed by atoms with Crippen molar-refractivity contribution >= 4 is 17.0 Å². The molecule has 0 aliphatic heterocycles. The molecule has 0 atom stereocenters. The number of hydrogen-bond acceptors (Lipinski definition) is 4. The van der Waals surface area contributed by atoms with Crippen molar-refractivity contribution in [3.8, 4) is 0 Å². The summed E-state index contributed by atoms with van der Waals surface area (Å²) in [6, 6.07) is 8.72. The maximum Gasteiger partial charge on any atom is 0.338 e. The Morgan fingerprint density at radius 2 is 2.21 bits per heavy atom. The summed E-state index contributed by atoms with van der Waals surface area (Å²) in [4.78, 5) is 11.1. The van der Waals surface area contributed by atoms with E-state index in [4.69, 9.17) is 9.52 Å². The zero-order valence-electron chi connectivity index (χ0n) is 10.2. The predicted molar refractivity (Wildman–Crippen MR) is 67.0 cm³/mol. The number of aromatic nitrogens is 3. The number of hydrogen-bond donors (Lipinski definition) is 1. The summed E-state index contributed by atoms with van der Waals surface area (Å²) in [6.45, 7) is 2.29. The largest absolute Gasteiger partial charge is 0.478 e. The van der Waals surface area contributed by atoms with Crippen molar-refractivity contribution in [3.63, 3.8) is 0 Å². The number of furan rings is 1. The van der Waals surface area contributed by atoms with Crippen molar-refractivity contribution in [1.29, 1.82) is 0 Å². The Morgan fingerprint density at radius 3 is 2.89 bits per heavy atom. The second kappa shape index (κ2) is 4.24. The lowest BCUT2D eigenvalue weighted by atomic mass is 10.2. The van der Waals surface area contributed by atoms with Crippen LogP contribution in [-0.4, -0.2) is 26.1 Å². The van der Waals surface area contributed by atoms with Crippen molar-refractivity contribution in [2.24, 2.45) is 0 Å². The van der Waals surface area contributed by atoms with Crippen LogP contribution in [0.15, 0.2) is 34.7 Å². The van der Waals surface area contributed by atoms with E-state index in [9.17, 15) is 4.79 Å². The van der Waals surface area contributed by atoms with Crippen LogP contribution in [0.2, 0.25) is 0 Å². The van der Waals surface area contributed by atoms with E-state index < -0.39 is 5.97 Å². The molecule has 96 valence electrons. The molecule has 3 aromatic rings. The Labute approximate surface area is 108 Å². The first-order chi connectivity index (χ1) is 9.15. The van der Waals surface area contributed by atoms with Gasteiger partial charge in [-0.15, -0.1) is 5.10 Å². The van der Waals surface area contributed by atoms with Crippen molar-refractivity contribution in [2.45, 2.75) is 13.5 Å². The number of carboxylic acids is 1. The number of carboxylic acid groups (broad SMARTS) is 1. The summed E-state index contributed by atoms with van der Waals surface area (Å²) in [5.41, 5.74) is 1.21. The molecule has 0 aliphatic rings. The highest BCUT2D eigenvalue weighted by Crippen LogP contribution is 2.17. The summed E-state index contributed by atoms with van der Waals surface area (Å²) in [6.07, 6.45) is 0. The second-order valence-corrected chi connectivity index (χ2v) is 4.24. The molecule has 0 unspecified atom stereocenters. The van der Waals surface area contributed by atoms with Crippen molar-refractivity contribution in [1.82, 2.24) is 15.0 Å². The maximum absolute atomic E-state index is 11.1. The van der Waals surface area contributed by atoms with Crippen LogP contribution in [-0.2, 0) is 6.54 Å². The first-order valence-corrected chi connectivity index (χ1v) is 5.76. The number of fused-ring (bicyclic) bond motifs is 1. The van der Waals surface area contributed by atoms with Crippen LogP contribution in [0, 0.1) is 6.92 Å². The average Bonchev–Trinajstić information content (AvgIpc) is 2.97. The Hall–Kier alpha value is -2.63. The molecule has 0 spiro atoms. The van der Waals surface area contributed by atoms with Gasteiger partial charge in [-0.1, -0.05) is 11.3 Å². The van der Waals surface area contributed by atoms with Gasteiger partial charge < -0.3 is 9.52 Å². The van der Waals surface area contributed by atoms with Crippen LogP contribution in [0.3, 0.4) is 0 Å². The van der Waals surface area contributed by atoms with Crippen LogP contribution in [0.5, 0.6) is 0 Å². The fourth-order valence-electron chi connectivity index (χ4n) is 2.00. The third-order valence-electron chi connectivity index (χ3n) is 2.88. The topological polar surface area (TPSA) is 81.2 Å². The highest BCUT2D eigenvalue weighted by atomic mass is 16.4. The highest BCUT2D eigenvalue weighted by Gasteiger charge is 2.14. The summed E-state index contributed by atoms with van der Waals surface area (Å²) >= 11 is 0. The Kier molecular flexibility index (Phi) is 2.56. The van der Waals surface area contributed by atoms with Gasteiger partial charge in [0.2, 0.25) is 0 Å². The summed E-state index contributed by atoms with van der Waals surface area (Å²) in [5.74, 6) is 0.571. The first kappa shape index (κ1) is 11.5. The molecule has 1 aromatic carbocycles. The molecule has 0 saturated carbocycles. The maximum atomic E-state index is 11.1. The van der Waals surface area contributed by atoms with Gasteiger partial charge in [0.05, 0.1) is 11.1 Å². The highest BCUT2D eigenvalue weighted by molar-refractivity contribution is 6.00. The smallest absolute Gasteiger partial charge is 0.338 e. The summed E-state index contributed by atoms with van der Waals surface area (Å²) in [5, 5.41) is 17.0. The SMILES string of the molecule is Cc1ccc(Cn2nnc3c(C(=O)O)cccc32)o1. The number of aryl methyl sites for hydroxylation is 1. The quantitative estimate of drug-likeness (QED) is 0.776. The fourth-order valence-corrected chi connectivity index (χ4v) is 2.00. The zero-order chi connectivity index (χ0) is 13.4. The van der Waals surface area contributed by atoms with Crippen LogP contribution in [0.4, 0.5) is 0 Å². The molecule has 6 nitrogen and oxygen atoms in total. The average molecular weight is 257 g/mol. The van der Waals surface area contributed by atoms with E-state index in [1.165, 1.54) is 6.07 Å². The summed E-state index contributed by atoms with van der Waals surface area (Å²) in [7, 11) is 0. The molecule has 6 heteroatoms. The third kappa shape index (κ3) is 1.97. The van der Waals surface area contributed by atoms with Crippen molar-refractivity contribution in [2.75, 3.05) is 0 Å². The molecule has 0 bridgehead atoms. The van der Waals surface area contributed by atoms with Crippen LogP contribution in [0.1, 0.15) is 21.9 Å². The molecule has 0 aliphatic carbocycles. The van der Waals surface area contributed by atoms with E-state index in [1.807, 2.05) is 19.1 Å². The second-order valence-electron chi connectivity index (χ2n) is 4.24. The van der Waals surface area contributed by atoms with E-state index in [0.29, 0.717) is 17.6 Å². The minimum absolute atomic E-state index is 0.152. The number of aromatic carboxylic acids is 1. The molecule has 2 heterocycles. The minimum atomic E-state index is -1.01. The number of nitrogens with zero attached hydrogens (tertiary/aromatic N) is 3. The number of benzene rings is 1. The van der Waals surface area contributed by atoms with Gasteiger partial charge in [0.15, 0.2) is 0 Å². The Morgan fingerprint density at radius 1 is 1.37 bits per heavy atom. The van der Waals surface area contributed by atoms with E-state index in [1.54, 1.807) is 16.8 Å². The molecule has 0 saturated heterocycles. The molecule has 1 N–H and O–H groups in total. The van der Waals surface area contributed by atoms with Crippen LogP contribution >= 0.6 is 0 Å². The monoisotopic (exact) mass is 257 g/mol. The van der Waals surface area contributed by atoms with Crippen molar-refractivity contribution in [3.05, 3.63) is 47.4 Å². The van der Waals surface area contributed by atoms with E-state index in [2.05, 4.69) is 10.3 Å². The lowest BCUT2D eigenvalue weighted by Crippen LogP contribution is -2.01. The molecule has 19 heavy (non-hydrogen) atoms. The molecule has 3 rings (SSSR count). The minimum Gasteiger partial charge on any atom is -0.478 e. The molecular formula is C13H11N3O3. The lowest BCUT2D eigenvalue weighted by Gasteiger charge is -2.00.